The molecular formula is C12HF10O3P. The van der Waals surface area contributed by atoms with E-state index in [-0.39, 0.29) is 0 Å². The zero-order valence-corrected chi connectivity index (χ0v) is 12.4. The van der Waals surface area contributed by atoms with Crippen molar-refractivity contribution in [3.8, 4) is 5.75 Å². The topological polar surface area (TPSA) is 46.5 Å². The van der Waals surface area contributed by atoms with Crippen molar-refractivity contribution in [2.24, 2.45) is 0 Å². The smallest absolute Gasteiger partial charge is 0.414 e. The van der Waals surface area contributed by atoms with Crippen LogP contribution in [0.5, 0.6) is 5.75 Å². The summed E-state index contributed by atoms with van der Waals surface area (Å²) in [7, 11) is -6.36. The van der Waals surface area contributed by atoms with E-state index >= 15 is 0 Å². The molecule has 0 saturated carbocycles. The van der Waals surface area contributed by atoms with Crippen LogP contribution < -0.4 is 9.83 Å². The SMILES string of the molecule is O=P(O)(Oc1c(F)c(F)c(F)c(F)c1F)c1c(F)c(F)c(F)c(F)c1F. The lowest BCUT2D eigenvalue weighted by Crippen LogP contribution is -2.23. The van der Waals surface area contributed by atoms with Gasteiger partial charge in [-0.05, 0) is 0 Å². The van der Waals surface area contributed by atoms with Gasteiger partial charge in [-0.3, -0.25) is 0 Å². The lowest BCUT2D eigenvalue weighted by molar-refractivity contribution is 0.325. The zero-order chi connectivity index (χ0) is 20.1. The van der Waals surface area contributed by atoms with Crippen LogP contribution in [-0.2, 0) is 4.57 Å². The van der Waals surface area contributed by atoms with Crippen molar-refractivity contribution in [3.63, 3.8) is 0 Å². The highest BCUT2D eigenvalue weighted by Crippen LogP contribution is 2.46. The van der Waals surface area contributed by atoms with Gasteiger partial charge in [-0.2, -0.15) is 8.78 Å². The molecule has 0 bridgehead atoms. The van der Waals surface area contributed by atoms with Crippen LogP contribution in [0.2, 0.25) is 0 Å². The minimum absolute atomic E-state index is 2.46. The molecule has 1 N–H and O–H groups in total. The molecular weight excluding hydrogens is 413 g/mol. The Morgan fingerprint density at radius 2 is 0.808 bits per heavy atom. The Bertz CT molecular complexity index is 919. The molecule has 14 heteroatoms. The summed E-state index contributed by atoms with van der Waals surface area (Å²) in [4.78, 5) is 9.37. The predicted octanol–water partition coefficient (Wildman–Crippen LogP) is 3.97. The lowest BCUT2D eigenvalue weighted by atomic mass is 10.3. The summed E-state index contributed by atoms with van der Waals surface area (Å²) in [5.74, 6) is -30.1. The summed E-state index contributed by atoms with van der Waals surface area (Å²) in [6.45, 7) is 0. The third-order valence-electron chi connectivity index (χ3n) is 2.85. The van der Waals surface area contributed by atoms with E-state index in [4.69, 9.17) is 0 Å². The second-order valence-electron chi connectivity index (χ2n) is 4.43. The molecule has 0 aliphatic heterocycles. The second-order valence-corrected chi connectivity index (χ2v) is 6.10. The van der Waals surface area contributed by atoms with E-state index in [1.165, 1.54) is 0 Å². The molecule has 0 fully saturated rings. The fraction of sp³-hybridized carbons (Fsp3) is 0. The fourth-order valence-corrected chi connectivity index (χ4v) is 2.87. The normalized spacial score (nSPS) is 13.7. The fourth-order valence-electron chi connectivity index (χ4n) is 1.68. The Morgan fingerprint density at radius 3 is 1.15 bits per heavy atom. The summed E-state index contributed by atoms with van der Waals surface area (Å²) in [6, 6.07) is 0. The Labute approximate surface area is 136 Å². The van der Waals surface area contributed by atoms with E-state index in [0.717, 1.165) is 0 Å². The van der Waals surface area contributed by atoms with Crippen molar-refractivity contribution >= 4 is 12.9 Å². The highest BCUT2D eigenvalue weighted by molar-refractivity contribution is 7.61. The largest absolute Gasteiger partial charge is 0.415 e. The first-order valence-corrected chi connectivity index (χ1v) is 7.46. The van der Waals surface area contributed by atoms with E-state index < -0.39 is 76.8 Å². The predicted molar refractivity (Wildman–Crippen MR) is 62.6 cm³/mol. The van der Waals surface area contributed by atoms with E-state index in [2.05, 4.69) is 4.52 Å². The van der Waals surface area contributed by atoms with Gasteiger partial charge in [0.05, 0.1) is 0 Å². The van der Waals surface area contributed by atoms with Crippen LogP contribution in [-0.4, -0.2) is 4.89 Å². The summed E-state index contributed by atoms with van der Waals surface area (Å²) in [5, 5.41) is -2.56. The maximum absolute atomic E-state index is 13.5. The first kappa shape index (κ1) is 20.0. The highest BCUT2D eigenvalue weighted by atomic mass is 31.2. The number of hydrogen-bond donors (Lipinski definition) is 1. The first-order valence-electron chi connectivity index (χ1n) is 5.88. The number of halogens is 10. The number of benzene rings is 2. The molecule has 0 aliphatic carbocycles. The van der Waals surface area contributed by atoms with E-state index in [9.17, 15) is 53.4 Å². The summed E-state index contributed by atoms with van der Waals surface area (Å²) >= 11 is 0. The van der Waals surface area contributed by atoms with Gasteiger partial charge in [0, 0.05) is 0 Å². The summed E-state index contributed by atoms with van der Waals surface area (Å²) in [5.41, 5.74) is 0. The molecule has 2 aromatic rings. The van der Waals surface area contributed by atoms with Gasteiger partial charge >= 0.3 is 7.60 Å². The molecule has 26 heavy (non-hydrogen) atoms. The first-order chi connectivity index (χ1) is 11.8. The highest BCUT2D eigenvalue weighted by Gasteiger charge is 2.41. The molecule has 142 valence electrons. The average Bonchev–Trinajstić information content (AvgIpc) is 2.58. The van der Waals surface area contributed by atoms with Crippen LogP contribution in [0.1, 0.15) is 0 Å². The van der Waals surface area contributed by atoms with Crippen LogP contribution in [0.4, 0.5) is 43.9 Å². The minimum Gasteiger partial charge on any atom is -0.415 e. The number of rotatable bonds is 3. The van der Waals surface area contributed by atoms with E-state index in [0.29, 0.717) is 0 Å². The van der Waals surface area contributed by atoms with Gasteiger partial charge in [0.1, 0.15) is 0 Å². The van der Waals surface area contributed by atoms with Crippen molar-refractivity contribution in [2.45, 2.75) is 0 Å². The van der Waals surface area contributed by atoms with Gasteiger partial charge in [0.2, 0.25) is 40.7 Å². The molecule has 1 atom stereocenters. The molecule has 0 saturated heterocycles. The van der Waals surface area contributed by atoms with Crippen LogP contribution >= 0.6 is 7.60 Å². The third kappa shape index (κ3) is 2.90. The van der Waals surface area contributed by atoms with E-state index in [1.807, 2.05) is 0 Å². The minimum atomic E-state index is -6.36. The molecule has 2 rings (SSSR count). The van der Waals surface area contributed by atoms with Crippen molar-refractivity contribution in [2.75, 3.05) is 0 Å². The molecule has 2 aromatic carbocycles. The third-order valence-corrected chi connectivity index (χ3v) is 4.24. The molecule has 0 amide bonds. The Hall–Kier alpha value is -2.27. The van der Waals surface area contributed by atoms with Crippen molar-refractivity contribution in [1.82, 2.24) is 0 Å². The van der Waals surface area contributed by atoms with Crippen molar-refractivity contribution in [3.05, 3.63) is 58.2 Å². The molecule has 1 unspecified atom stereocenters. The molecule has 0 aliphatic rings. The number of hydrogen-bond acceptors (Lipinski definition) is 2. The van der Waals surface area contributed by atoms with Crippen LogP contribution in [0.15, 0.2) is 0 Å². The van der Waals surface area contributed by atoms with Gasteiger partial charge in [0.25, 0.3) is 0 Å². The van der Waals surface area contributed by atoms with Crippen LogP contribution in [0.3, 0.4) is 0 Å². The molecule has 0 spiro atoms. The van der Waals surface area contributed by atoms with Crippen LogP contribution in [0, 0.1) is 58.2 Å². The lowest BCUT2D eigenvalue weighted by Gasteiger charge is -2.17. The van der Waals surface area contributed by atoms with Gasteiger partial charge in [0.15, 0.2) is 28.6 Å². The standard InChI is InChI=1S/C12HF10O3P/c13-1-3(15)7(19)11(8(20)4(1)16)25-26(23,24)12-9(21)5(17)2(14)6(18)10(12)22/h(H,23,24). The molecule has 0 aromatic heterocycles. The zero-order valence-electron chi connectivity index (χ0n) is 11.5. The molecule has 0 heterocycles. The van der Waals surface area contributed by atoms with Crippen LogP contribution in [0.25, 0.3) is 0 Å². The Balaban J connectivity index is 2.72. The van der Waals surface area contributed by atoms with Gasteiger partial charge in [-0.25, -0.2) is 39.7 Å². The quantitative estimate of drug-likeness (QED) is 0.358. The maximum atomic E-state index is 13.5. The summed E-state index contributed by atoms with van der Waals surface area (Å²) < 4.78 is 147. The molecule has 3 nitrogen and oxygen atoms in total. The van der Waals surface area contributed by atoms with Gasteiger partial charge in [-0.1, -0.05) is 0 Å². The molecule has 0 radical (unpaired) electrons. The Morgan fingerprint density at radius 1 is 0.538 bits per heavy atom. The maximum Gasteiger partial charge on any atom is 0.414 e. The van der Waals surface area contributed by atoms with Gasteiger partial charge < -0.3 is 9.42 Å². The van der Waals surface area contributed by atoms with Gasteiger partial charge in [-0.15, -0.1) is 0 Å². The average molecular weight is 414 g/mol. The second kappa shape index (κ2) is 6.47. The summed E-state index contributed by atoms with van der Waals surface area (Å²) in [6.07, 6.45) is 0. The monoisotopic (exact) mass is 414 g/mol. The van der Waals surface area contributed by atoms with Crippen molar-refractivity contribution in [1.29, 1.82) is 0 Å². The van der Waals surface area contributed by atoms with Crippen molar-refractivity contribution < 1.29 is 57.9 Å². The Kier molecular flexibility index (Phi) is 4.99. The van der Waals surface area contributed by atoms with E-state index in [1.54, 1.807) is 0 Å².